The molecule has 0 radical (unpaired) electrons. The third kappa shape index (κ3) is 3.64. The predicted octanol–water partition coefficient (Wildman–Crippen LogP) is 4.49. The molecule has 2 saturated heterocycles. The average Bonchev–Trinajstić information content (AvgIpc) is 3.42. The Balaban J connectivity index is 0.980. The molecule has 2 aliphatic heterocycles. The molecule has 1 aromatic carbocycles. The van der Waals surface area contributed by atoms with Crippen molar-refractivity contribution in [2.75, 3.05) is 39.5 Å². The fraction of sp³-hybridized carbons (Fsp3) is 0.778. The van der Waals surface area contributed by atoms with Crippen molar-refractivity contribution in [2.45, 2.75) is 68.9 Å². The SMILES string of the molecule is c1cc(C2CCC[C@]3(C2)OO[C@]2(O3)C3CC4CC(C3)C2C4)ccc1OCCN1CCOCC1. The molecule has 5 aliphatic carbocycles. The van der Waals surface area contributed by atoms with Gasteiger partial charge in [-0.1, -0.05) is 12.1 Å². The number of rotatable bonds is 5. The minimum Gasteiger partial charge on any atom is -0.492 e. The molecule has 1 aromatic rings. The van der Waals surface area contributed by atoms with E-state index in [0.717, 1.165) is 76.3 Å². The Hall–Kier alpha value is -1.18. The third-order valence-corrected chi connectivity index (χ3v) is 9.55. The predicted molar refractivity (Wildman–Crippen MR) is 122 cm³/mol. The summed E-state index contributed by atoms with van der Waals surface area (Å²) in [6, 6.07) is 8.72. The third-order valence-electron chi connectivity index (χ3n) is 9.55. The lowest BCUT2D eigenvalue weighted by molar-refractivity contribution is -0.370. The molecule has 180 valence electrons. The van der Waals surface area contributed by atoms with Crippen molar-refractivity contribution in [3.63, 3.8) is 0 Å². The maximum atomic E-state index is 6.91. The summed E-state index contributed by atoms with van der Waals surface area (Å²) in [7, 11) is 0. The second kappa shape index (κ2) is 8.20. The van der Waals surface area contributed by atoms with Crippen LogP contribution in [0.4, 0.5) is 0 Å². The van der Waals surface area contributed by atoms with Crippen LogP contribution in [0.25, 0.3) is 0 Å². The second-order valence-electron chi connectivity index (χ2n) is 11.4. The molecular formula is C27H37NO5. The van der Waals surface area contributed by atoms with Gasteiger partial charge in [0.15, 0.2) is 0 Å². The van der Waals surface area contributed by atoms with E-state index in [2.05, 4.69) is 29.2 Å². The van der Waals surface area contributed by atoms with Crippen LogP contribution in [0.15, 0.2) is 24.3 Å². The van der Waals surface area contributed by atoms with E-state index in [1.807, 2.05) is 0 Å². The van der Waals surface area contributed by atoms with Gasteiger partial charge in [-0.25, -0.2) is 0 Å². The van der Waals surface area contributed by atoms with Gasteiger partial charge >= 0.3 is 0 Å². The Morgan fingerprint density at radius 2 is 1.88 bits per heavy atom. The first-order valence-corrected chi connectivity index (χ1v) is 13.3. The van der Waals surface area contributed by atoms with Gasteiger partial charge in [0.2, 0.25) is 11.6 Å². The molecular weight excluding hydrogens is 418 g/mol. The fourth-order valence-corrected chi connectivity index (χ4v) is 8.04. The zero-order valence-corrected chi connectivity index (χ0v) is 19.6. The van der Waals surface area contributed by atoms with Gasteiger partial charge in [-0.3, -0.25) is 4.90 Å². The lowest BCUT2D eigenvalue weighted by Gasteiger charge is -2.40. The van der Waals surface area contributed by atoms with E-state index < -0.39 is 11.6 Å². The Bertz CT molecular complexity index is 853. The Morgan fingerprint density at radius 3 is 2.73 bits per heavy atom. The van der Waals surface area contributed by atoms with E-state index in [1.54, 1.807) is 0 Å². The van der Waals surface area contributed by atoms with Crippen LogP contribution in [0.1, 0.15) is 62.8 Å². The number of morpholine rings is 1. The lowest BCUT2D eigenvalue weighted by Crippen LogP contribution is -2.47. The summed E-state index contributed by atoms with van der Waals surface area (Å²) in [4.78, 5) is 14.8. The molecule has 7 atom stereocenters. The van der Waals surface area contributed by atoms with Crippen molar-refractivity contribution in [3.05, 3.63) is 29.8 Å². The molecule has 0 aromatic heterocycles. The molecule has 5 saturated carbocycles. The highest BCUT2D eigenvalue weighted by Gasteiger charge is 2.70. The number of ether oxygens (including phenoxy) is 3. The first kappa shape index (κ1) is 21.1. The van der Waals surface area contributed by atoms with Gasteiger partial charge in [0, 0.05) is 44.3 Å². The second-order valence-corrected chi connectivity index (χ2v) is 11.4. The summed E-state index contributed by atoms with van der Waals surface area (Å²) in [5, 5.41) is 0. The van der Waals surface area contributed by atoms with Crippen molar-refractivity contribution in [1.82, 2.24) is 4.90 Å². The van der Waals surface area contributed by atoms with Crippen LogP contribution in [-0.4, -0.2) is 55.9 Å². The molecule has 7 aliphatic rings. The van der Waals surface area contributed by atoms with Crippen molar-refractivity contribution >= 4 is 0 Å². The van der Waals surface area contributed by atoms with Gasteiger partial charge in [-0.2, -0.15) is 9.78 Å². The molecule has 4 bridgehead atoms. The lowest BCUT2D eigenvalue weighted by atomic mass is 9.77. The minimum absolute atomic E-state index is 0.440. The Labute approximate surface area is 196 Å². The van der Waals surface area contributed by atoms with Crippen LogP contribution in [0.5, 0.6) is 5.75 Å². The largest absolute Gasteiger partial charge is 0.492 e. The number of nitrogens with zero attached hydrogens (tertiary/aromatic N) is 1. The molecule has 5 unspecified atom stereocenters. The summed E-state index contributed by atoms with van der Waals surface area (Å²) < 4.78 is 18.3. The van der Waals surface area contributed by atoms with Gasteiger partial charge in [-0.15, -0.1) is 0 Å². The molecule has 0 amide bonds. The maximum absolute atomic E-state index is 6.91. The summed E-state index contributed by atoms with van der Waals surface area (Å²) >= 11 is 0. The fourth-order valence-electron chi connectivity index (χ4n) is 8.04. The van der Waals surface area contributed by atoms with Crippen LogP contribution < -0.4 is 4.74 Å². The topological polar surface area (TPSA) is 49.4 Å². The molecule has 7 fully saturated rings. The Kier molecular flexibility index (Phi) is 5.25. The van der Waals surface area contributed by atoms with Gasteiger partial charge < -0.3 is 14.2 Å². The summed E-state index contributed by atoms with van der Waals surface area (Å²) in [5.41, 5.74) is 1.36. The van der Waals surface area contributed by atoms with Crippen molar-refractivity contribution < 1.29 is 24.0 Å². The minimum atomic E-state index is -0.557. The number of hydrogen-bond donors (Lipinski definition) is 0. The summed E-state index contributed by atoms with van der Waals surface area (Å²) in [5.74, 6) is 3.17. The van der Waals surface area contributed by atoms with E-state index in [4.69, 9.17) is 24.0 Å². The highest BCUT2D eigenvalue weighted by Crippen LogP contribution is 2.67. The highest BCUT2D eigenvalue weighted by atomic mass is 17.3. The molecule has 33 heavy (non-hydrogen) atoms. The van der Waals surface area contributed by atoms with Crippen molar-refractivity contribution in [1.29, 1.82) is 0 Å². The zero-order valence-electron chi connectivity index (χ0n) is 19.6. The van der Waals surface area contributed by atoms with Gasteiger partial charge in [-0.05, 0) is 74.0 Å². The van der Waals surface area contributed by atoms with Gasteiger partial charge in [0.25, 0.3) is 0 Å². The van der Waals surface area contributed by atoms with Crippen LogP contribution in [0.3, 0.4) is 0 Å². The zero-order chi connectivity index (χ0) is 21.9. The van der Waals surface area contributed by atoms with Crippen molar-refractivity contribution in [2.24, 2.45) is 23.7 Å². The van der Waals surface area contributed by atoms with E-state index >= 15 is 0 Å². The monoisotopic (exact) mass is 455 g/mol. The van der Waals surface area contributed by atoms with Crippen LogP contribution in [0, 0.1) is 23.7 Å². The van der Waals surface area contributed by atoms with Gasteiger partial charge in [0.05, 0.1) is 13.2 Å². The first-order chi connectivity index (χ1) is 16.2. The standard InChI is InChI=1S/C27H37NO5/c1-2-21(20-3-5-24(6-4-20)30-13-10-28-8-11-29-12-9-28)18-26(7-1)31-27(33-32-26)23-15-19-14-22(17-23)25(27)16-19/h3-6,19,21-23,25H,1-2,7-18H2/t19?,21?,22?,23?,25?,26-,27-/m1/s1. The van der Waals surface area contributed by atoms with Crippen molar-refractivity contribution in [3.8, 4) is 5.75 Å². The molecule has 8 rings (SSSR count). The molecule has 2 heterocycles. The normalized spacial score (nSPS) is 44.3. The van der Waals surface area contributed by atoms with E-state index in [9.17, 15) is 0 Å². The van der Waals surface area contributed by atoms with Gasteiger partial charge in [0.1, 0.15) is 12.4 Å². The number of benzene rings is 1. The first-order valence-electron chi connectivity index (χ1n) is 13.3. The van der Waals surface area contributed by atoms with E-state index in [-0.39, 0.29) is 0 Å². The maximum Gasteiger partial charge on any atom is 0.210 e. The smallest absolute Gasteiger partial charge is 0.210 e. The molecule has 6 heteroatoms. The quantitative estimate of drug-likeness (QED) is 0.610. The number of hydrogen-bond acceptors (Lipinski definition) is 6. The van der Waals surface area contributed by atoms with E-state index in [1.165, 1.54) is 37.7 Å². The van der Waals surface area contributed by atoms with Crippen LogP contribution in [-0.2, 0) is 19.2 Å². The summed E-state index contributed by atoms with van der Waals surface area (Å²) in [6.45, 7) is 5.35. The highest BCUT2D eigenvalue weighted by molar-refractivity contribution is 5.30. The van der Waals surface area contributed by atoms with Crippen LogP contribution >= 0.6 is 0 Å². The summed E-state index contributed by atoms with van der Waals surface area (Å²) in [6.07, 6.45) is 9.32. The van der Waals surface area contributed by atoms with E-state index in [0.29, 0.717) is 17.8 Å². The Morgan fingerprint density at radius 1 is 1.00 bits per heavy atom. The molecule has 6 nitrogen and oxygen atoms in total. The molecule has 0 N–H and O–H groups in total. The van der Waals surface area contributed by atoms with Crippen LogP contribution in [0.2, 0.25) is 0 Å². The molecule has 2 spiro atoms. The average molecular weight is 456 g/mol.